The van der Waals surface area contributed by atoms with E-state index in [1.165, 1.54) is 68.2 Å². The predicted octanol–water partition coefficient (Wildman–Crippen LogP) is 5.99. The van der Waals surface area contributed by atoms with Gasteiger partial charge in [0.25, 0.3) is 0 Å². The van der Waals surface area contributed by atoms with Crippen molar-refractivity contribution < 1.29 is 0 Å². The number of piperidine rings is 1. The fraction of sp³-hybridized carbons (Fsp3) is 0.600. The summed E-state index contributed by atoms with van der Waals surface area (Å²) in [4.78, 5) is 12.4. The standard InChI is InChI=1S/C25H34N4/c1-18-7-6-16-29(17-18)25-27-23-11-5-10-22(23)24(28-25)26-21-14-12-20(13-15-21)19-8-3-2-4-9-19/h12-15,18-19H,2-11,16-17H2,1H3,(H,26,27,28)/t18-/m0/s1. The van der Waals surface area contributed by atoms with Crippen molar-refractivity contribution in [1.29, 1.82) is 0 Å². The van der Waals surface area contributed by atoms with Gasteiger partial charge in [0.05, 0.1) is 5.69 Å². The minimum absolute atomic E-state index is 0.726. The monoisotopic (exact) mass is 390 g/mol. The zero-order valence-electron chi connectivity index (χ0n) is 17.8. The second kappa shape index (κ2) is 8.33. The van der Waals surface area contributed by atoms with Gasteiger partial charge >= 0.3 is 0 Å². The Balaban J connectivity index is 1.37. The van der Waals surface area contributed by atoms with Crippen LogP contribution in [0.2, 0.25) is 0 Å². The number of fused-ring (bicyclic) bond motifs is 1. The lowest BCUT2D eigenvalue weighted by atomic mass is 9.84. The van der Waals surface area contributed by atoms with Crippen molar-refractivity contribution in [2.45, 2.75) is 77.0 Å². The Bertz CT molecular complexity index is 839. The van der Waals surface area contributed by atoms with Gasteiger partial charge in [0.2, 0.25) is 5.95 Å². The largest absolute Gasteiger partial charge is 0.340 e. The van der Waals surface area contributed by atoms with E-state index >= 15 is 0 Å². The smallest absolute Gasteiger partial charge is 0.227 e. The molecule has 1 saturated carbocycles. The molecule has 2 aliphatic carbocycles. The summed E-state index contributed by atoms with van der Waals surface area (Å²) < 4.78 is 0. The molecule has 0 amide bonds. The molecule has 1 aromatic carbocycles. The van der Waals surface area contributed by atoms with Crippen LogP contribution < -0.4 is 10.2 Å². The first kappa shape index (κ1) is 18.9. The van der Waals surface area contributed by atoms with E-state index in [0.717, 1.165) is 55.2 Å². The SMILES string of the molecule is C[C@H]1CCCN(c2nc3c(c(Nc4ccc(C5CCCCC5)cc4)n2)CCC3)C1. The van der Waals surface area contributed by atoms with Gasteiger partial charge in [0, 0.05) is 24.3 Å². The van der Waals surface area contributed by atoms with Gasteiger partial charge in [-0.2, -0.15) is 4.98 Å². The molecule has 29 heavy (non-hydrogen) atoms. The normalized spacial score (nSPS) is 22.5. The number of aromatic nitrogens is 2. The van der Waals surface area contributed by atoms with Crippen LogP contribution >= 0.6 is 0 Å². The molecule has 5 rings (SSSR count). The van der Waals surface area contributed by atoms with Gasteiger partial charge in [-0.15, -0.1) is 0 Å². The van der Waals surface area contributed by atoms with Crippen LogP contribution in [0, 0.1) is 5.92 Å². The van der Waals surface area contributed by atoms with Crippen molar-refractivity contribution in [2.24, 2.45) is 5.92 Å². The van der Waals surface area contributed by atoms with E-state index in [-0.39, 0.29) is 0 Å². The highest BCUT2D eigenvalue weighted by Gasteiger charge is 2.24. The molecule has 1 saturated heterocycles. The fourth-order valence-corrected chi connectivity index (χ4v) is 5.45. The van der Waals surface area contributed by atoms with E-state index in [9.17, 15) is 0 Å². The maximum atomic E-state index is 5.01. The topological polar surface area (TPSA) is 41.1 Å². The molecule has 4 nitrogen and oxygen atoms in total. The molecule has 3 aliphatic rings. The first-order chi connectivity index (χ1) is 14.3. The summed E-state index contributed by atoms with van der Waals surface area (Å²) in [6, 6.07) is 9.14. The highest BCUT2D eigenvalue weighted by molar-refractivity contribution is 5.63. The Kier molecular flexibility index (Phi) is 5.43. The van der Waals surface area contributed by atoms with E-state index in [4.69, 9.17) is 9.97 Å². The zero-order valence-corrected chi connectivity index (χ0v) is 17.8. The number of hydrogen-bond acceptors (Lipinski definition) is 4. The Morgan fingerprint density at radius 2 is 1.72 bits per heavy atom. The average molecular weight is 391 g/mol. The first-order valence-corrected chi connectivity index (χ1v) is 11.8. The molecule has 4 heteroatoms. The van der Waals surface area contributed by atoms with E-state index in [0.29, 0.717) is 0 Å². The molecule has 154 valence electrons. The van der Waals surface area contributed by atoms with Crippen molar-refractivity contribution in [3.63, 3.8) is 0 Å². The quantitative estimate of drug-likeness (QED) is 0.696. The summed E-state index contributed by atoms with van der Waals surface area (Å²) in [6.07, 6.45) is 12.8. The average Bonchev–Trinajstić information content (AvgIpc) is 3.24. The minimum atomic E-state index is 0.726. The molecule has 2 aromatic rings. The number of aryl methyl sites for hydroxylation is 1. The fourth-order valence-electron chi connectivity index (χ4n) is 5.45. The number of benzene rings is 1. The van der Waals surface area contributed by atoms with Gasteiger partial charge in [-0.3, -0.25) is 0 Å². The zero-order chi connectivity index (χ0) is 19.6. The van der Waals surface area contributed by atoms with Gasteiger partial charge in [-0.1, -0.05) is 38.3 Å². The van der Waals surface area contributed by atoms with Crippen LogP contribution in [-0.2, 0) is 12.8 Å². The molecule has 0 bridgehead atoms. The molecular formula is C25H34N4. The lowest BCUT2D eigenvalue weighted by Crippen LogP contribution is -2.35. The summed E-state index contributed by atoms with van der Waals surface area (Å²) in [5, 5.41) is 3.65. The molecule has 1 aliphatic heterocycles. The number of hydrogen-bond donors (Lipinski definition) is 1. The Morgan fingerprint density at radius 3 is 2.52 bits per heavy atom. The number of nitrogens with one attached hydrogen (secondary N) is 1. The molecule has 0 radical (unpaired) electrons. The van der Waals surface area contributed by atoms with Crippen LogP contribution in [0.5, 0.6) is 0 Å². The molecule has 0 unspecified atom stereocenters. The third-order valence-corrected chi connectivity index (χ3v) is 7.11. The lowest BCUT2D eigenvalue weighted by molar-refractivity contribution is 0.442. The van der Waals surface area contributed by atoms with Crippen molar-refractivity contribution >= 4 is 17.5 Å². The van der Waals surface area contributed by atoms with Crippen LogP contribution in [0.15, 0.2) is 24.3 Å². The number of nitrogens with zero attached hydrogens (tertiary/aromatic N) is 3. The van der Waals surface area contributed by atoms with Crippen molar-refractivity contribution in [3.8, 4) is 0 Å². The van der Waals surface area contributed by atoms with Crippen molar-refractivity contribution in [3.05, 3.63) is 41.1 Å². The van der Waals surface area contributed by atoms with Gasteiger partial charge in [-0.25, -0.2) is 4.98 Å². The summed E-state index contributed by atoms with van der Waals surface area (Å²) in [7, 11) is 0. The molecule has 0 spiro atoms. The van der Waals surface area contributed by atoms with Crippen LogP contribution in [0.3, 0.4) is 0 Å². The number of anilines is 3. The van der Waals surface area contributed by atoms with Crippen molar-refractivity contribution in [2.75, 3.05) is 23.3 Å². The van der Waals surface area contributed by atoms with Gasteiger partial charge < -0.3 is 10.2 Å². The van der Waals surface area contributed by atoms with Gasteiger partial charge in [0.1, 0.15) is 5.82 Å². The Labute approximate surface area is 175 Å². The summed E-state index contributed by atoms with van der Waals surface area (Å²) in [5.41, 5.74) is 5.24. The first-order valence-electron chi connectivity index (χ1n) is 11.8. The maximum absolute atomic E-state index is 5.01. The molecule has 2 heterocycles. The molecule has 1 aromatic heterocycles. The summed E-state index contributed by atoms with van der Waals surface area (Å²) >= 11 is 0. The molecule has 1 atom stereocenters. The second-order valence-corrected chi connectivity index (χ2v) is 9.43. The van der Waals surface area contributed by atoms with E-state index < -0.39 is 0 Å². The minimum Gasteiger partial charge on any atom is -0.340 e. The maximum Gasteiger partial charge on any atom is 0.227 e. The van der Waals surface area contributed by atoms with Gasteiger partial charge in [-0.05, 0) is 74.5 Å². The van der Waals surface area contributed by atoms with E-state index in [1.807, 2.05) is 0 Å². The predicted molar refractivity (Wildman–Crippen MR) is 120 cm³/mol. The van der Waals surface area contributed by atoms with Crippen LogP contribution in [0.4, 0.5) is 17.5 Å². The molecule has 2 fully saturated rings. The second-order valence-electron chi connectivity index (χ2n) is 9.43. The lowest BCUT2D eigenvalue weighted by Gasteiger charge is -2.31. The molecular weight excluding hydrogens is 356 g/mol. The van der Waals surface area contributed by atoms with Crippen LogP contribution in [0.1, 0.15) is 81.0 Å². The van der Waals surface area contributed by atoms with Crippen molar-refractivity contribution in [1.82, 2.24) is 9.97 Å². The Hall–Kier alpha value is -2.10. The Morgan fingerprint density at radius 1 is 0.897 bits per heavy atom. The third-order valence-electron chi connectivity index (χ3n) is 7.11. The highest BCUT2D eigenvalue weighted by Crippen LogP contribution is 2.35. The van der Waals surface area contributed by atoms with E-state index in [2.05, 4.69) is 41.4 Å². The van der Waals surface area contributed by atoms with Crippen LogP contribution in [-0.4, -0.2) is 23.1 Å². The van der Waals surface area contributed by atoms with Crippen LogP contribution in [0.25, 0.3) is 0 Å². The third kappa shape index (κ3) is 4.12. The van der Waals surface area contributed by atoms with Gasteiger partial charge in [0.15, 0.2) is 0 Å². The van der Waals surface area contributed by atoms with E-state index in [1.54, 1.807) is 0 Å². The number of rotatable bonds is 4. The molecule has 1 N–H and O–H groups in total. The highest BCUT2D eigenvalue weighted by atomic mass is 15.3. The summed E-state index contributed by atoms with van der Waals surface area (Å²) in [5.74, 6) is 3.45. The summed E-state index contributed by atoms with van der Waals surface area (Å²) in [6.45, 7) is 4.50.